The average Bonchev–Trinajstić information content (AvgIpc) is 3.08. The number of ether oxygens (including phenoxy) is 3. The summed E-state index contributed by atoms with van der Waals surface area (Å²) in [6.45, 7) is 1.21. The predicted octanol–water partition coefficient (Wildman–Crippen LogP) is 3.32. The highest BCUT2D eigenvalue weighted by Crippen LogP contribution is 2.41. The predicted molar refractivity (Wildman–Crippen MR) is 76.4 cm³/mol. The van der Waals surface area contributed by atoms with Crippen LogP contribution in [0.25, 0.3) is 0 Å². The fraction of sp³-hybridized carbons (Fsp3) is 0.625. The number of nitrogens with one attached hydrogen (secondary N) is 1. The van der Waals surface area contributed by atoms with Gasteiger partial charge in [0.05, 0.1) is 5.60 Å². The maximum atomic E-state index is 6.08. The summed E-state index contributed by atoms with van der Waals surface area (Å²) in [5.74, 6) is 1.69. The molecule has 1 saturated heterocycles. The molecule has 1 aliphatic carbocycles. The van der Waals surface area contributed by atoms with Gasteiger partial charge in [-0.05, 0) is 37.8 Å². The van der Waals surface area contributed by atoms with Gasteiger partial charge in [0.25, 0.3) is 0 Å². The van der Waals surface area contributed by atoms with E-state index in [1.165, 1.54) is 25.7 Å². The van der Waals surface area contributed by atoms with Crippen LogP contribution in [0.1, 0.15) is 38.5 Å². The molecule has 3 aliphatic rings. The van der Waals surface area contributed by atoms with Gasteiger partial charge in [0.1, 0.15) is 0 Å². The first-order valence-corrected chi connectivity index (χ1v) is 7.63. The second-order valence-electron chi connectivity index (χ2n) is 6.14. The summed E-state index contributed by atoms with van der Waals surface area (Å²) in [5.41, 5.74) is 1.28. The third kappa shape index (κ3) is 2.22. The van der Waals surface area contributed by atoms with E-state index in [9.17, 15) is 0 Å². The van der Waals surface area contributed by atoms with Crippen LogP contribution in [-0.2, 0) is 4.74 Å². The number of rotatable bonds is 2. The van der Waals surface area contributed by atoms with Crippen molar-refractivity contribution in [3.8, 4) is 11.5 Å². The summed E-state index contributed by atoms with van der Waals surface area (Å²) in [4.78, 5) is 0. The molecule has 1 aromatic carbocycles. The quantitative estimate of drug-likeness (QED) is 0.898. The van der Waals surface area contributed by atoms with Crippen LogP contribution in [0.2, 0.25) is 0 Å². The number of hydrogen-bond acceptors (Lipinski definition) is 4. The molecule has 2 aliphatic heterocycles. The standard InChI is InChI=1S/C16H21NO3/c1-2-7-16(6-1)10-13(5-8-20-16)17-12-3-4-14-15(9-12)19-11-18-14/h3-4,9,13,17H,1-2,5-8,10-11H2. The molecular formula is C16H21NO3. The minimum Gasteiger partial charge on any atom is -0.454 e. The Labute approximate surface area is 119 Å². The van der Waals surface area contributed by atoms with Crippen LogP contribution in [0, 0.1) is 0 Å². The lowest BCUT2D eigenvalue weighted by molar-refractivity contribution is -0.0767. The Morgan fingerprint density at radius 1 is 1.10 bits per heavy atom. The molecule has 108 valence electrons. The molecule has 4 nitrogen and oxygen atoms in total. The molecule has 2 fully saturated rings. The lowest BCUT2D eigenvalue weighted by atomic mass is 9.89. The summed E-state index contributed by atoms with van der Waals surface area (Å²) < 4.78 is 16.9. The van der Waals surface area contributed by atoms with Crippen molar-refractivity contribution in [1.29, 1.82) is 0 Å². The van der Waals surface area contributed by atoms with E-state index in [2.05, 4.69) is 11.4 Å². The summed E-state index contributed by atoms with van der Waals surface area (Å²) in [7, 11) is 0. The van der Waals surface area contributed by atoms with Crippen molar-refractivity contribution in [3.63, 3.8) is 0 Å². The van der Waals surface area contributed by atoms with E-state index in [0.29, 0.717) is 12.8 Å². The third-order valence-electron chi connectivity index (χ3n) is 4.75. The van der Waals surface area contributed by atoms with Crippen LogP contribution in [-0.4, -0.2) is 25.0 Å². The third-order valence-corrected chi connectivity index (χ3v) is 4.75. The minimum absolute atomic E-state index is 0.159. The molecule has 0 aromatic heterocycles. The Morgan fingerprint density at radius 2 is 1.95 bits per heavy atom. The van der Waals surface area contributed by atoms with Gasteiger partial charge in [0.15, 0.2) is 11.5 Å². The second-order valence-corrected chi connectivity index (χ2v) is 6.14. The average molecular weight is 275 g/mol. The first kappa shape index (κ1) is 12.3. The normalized spacial score (nSPS) is 26.9. The molecule has 2 heterocycles. The number of fused-ring (bicyclic) bond motifs is 1. The van der Waals surface area contributed by atoms with Crippen LogP contribution < -0.4 is 14.8 Å². The SMILES string of the molecule is c1cc2c(cc1NC1CCOC3(CCCC3)C1)OCO2. The molecule has 0 amide bonds. The van der Waals surface area contributed by atoms with Crippen LogP contribution in [0.5, 0.6) is 11.5 Å². The Balaban J connectivity index is 1.46. The Hall–Kier alpha value is -1.42. The van der Waals surface area contributed by atoms with Gasteiger partial charge >= 0.3 is 0 Å². The highest BCUT2D eigenvalue weighted by Gasteiger charge is 2.39. The second kappa shape index (κ2) is 4.85. The van der Waals surface area contributed by atoms with Crippen molar-refractivity contribution in [2.24, 2.45) is 0 Å². The van der Waals surface area contributed by atoms with E-state index in [1.807, 2.05) is 12.1 Å². The van der Waals surface area contributed by atoms with Gasteiger partial charge in [0.2, 0.25) is 6.79 Å². The zero-order valence-electron chi connectivity index (χ0n) is 11.7. The van der Waals surface area contributed by atoms with E-state index in [-0.39, 0.29) is 5.60 Å². The van der Waals surface area contributed by atoms with Crippen molar-refractivity contribution in [1.82, 2.24) is 0 Å². The Morgan fingerprint density at radius 3 is 2.85 bits per heavy atom. The fourth-order valence-corrected chi connectivity index (χ4v) is 3.74. The zero-order chi connectivity index (χ0) is 13.4. The van der Waals surface area contributed by atoms with E-state index in [4.69, 9.17) is 14.2 Å². The first-order chi connectivity index (χ1) is 9.83. The Kier molecular flexibility index (Phi) is 2.99. The smallest absolute Gasteiger partial charge is 0.231 e. The van der Waals surface area contributed by atoms with Crippen molar-refractivity contribution in [3.05, 3.63) is 18.2 Å². The van der Waals surface area contributed by atoms with E-state index < -0.39 is 0 Å². The van der Waals surface area contributed by atoms with Crippen molar-refractivity contribution in [2.75, 3.05) is 18.7 Å². The first-order valence-electron chi connectivity index (χ1n) is 7.63. The van der Waals surface area contributed by atoms with Gasteiger partial charge in [-0.2, -0.15) is 0 Å². The van der Waals surface area contributed by atoms with Gasteiger partial charge in [-0.15, -0.1) is 0 Å². The number of hydrogen-bond donors (Lipinski definition) is 1. The summed E-state index contributed by atoms with van der Waals surface area (Å²) >= 11 is 0. The molecule has 0 radical (unpaired) electrons. The minimum atomic E-state index is 0.159. The van der Waals surface area contributed by atoms with Crippen LogP contribution >= 0.6 is 0 Å². The molecule has 1 saturated carbocycles. The van der Waals surface area contributed by atoms with Crippen molar-refractivity contribution >= 4 is 5.69 Å². The van der Waals surface area contributed by atoms with Gasteiger partial charge < -0.3 is 19.5 Å². The lowest BCUT2D eigenvalue weighted by Gasteiger charge is -2.39. The van der Waals surface area contributed by atoms with Gasteiger partial charge in [0, 0.05) is 24.4 Å². The molecule has 1 aromatic rings. The monoisotopic (exact) mass is 275 g/mol. The fourth-order valence-electron chi connectivity index (χ4n) is 3.74. The molecule has 4 heteroatoms. The van der Waals surface area contributed by atoms with Crippen molar-refractivity contribution < 1.29 is 14.2 Å². The van der Waals surface area contributed by atoms with E-state index >= 15 is 0 Å². The van der Waals surface area contributed by atoms with Crippen LogP contribution in [0.15, 0.2) is 18.2 Å². The molecule has 1 atom stereocenters. The molecular weight excluding hydrogens is 254 g/mol. The van der Waals surface area contributed by atoms with Crippen molar-refractivity contribution in [2.45, 2.75) is 50.2 Å². The van der Waals surface area contributed by atoms with E-state index in [1.54, 1.807) is 0 Å². The maximum absolute atomic E-state index is 6.08. The molecule has 0 bridgehead atoms. The maximum Gasteiger partial charge on any atom is 0.231 e. The van der Waals surface area contributed by atoms with Crippen LogP contribution in [0.3, 0.4) is 0 Å². The summed E-state index contributed by atoms with van der Waals surface area (Å²) in [5, 5.41) is 3.65. The summed E-state index contributed by atoms with van der Waals surface area (Å²) in [6.07, 6.45) is 7.30. The van der Waals surface area contributed by atoms with Gasteiger partial charge in [-0.25, -0.2) is 0 Å². The molecule has 20 heavy (non-hydrogen) atoms. The highest BCUT2D eigenvalue weighted by molar-refractivity contribution is 5.56. The molecule has 1 N–H and O–H groups in total. The van der Waals surface area contributed by atoms with Gasteiger partial charge in [-0.3, -0.25) is 0 Å². The summed E-state index contributed by atoms with van der Waals surface area (Å²) in [6, 6.07) is 6.60. The van der Waals surface area contributed by atoms with E-state index in [0.717, 1.165) is 36.6 Å². The molecule has 4 rings (SSSR count). The van der Waals surface area contributed by atoms with Gasteiger partial charge in [-0.1, -0.05) is 12.8 Å². The zero-order valence-corrected chi connectivity index (χ0v) is 11.7. The molecule has 1 spiro atoms. The Bertz CT molecular complexity index is 496. The number of benzene rings is 1. The largest absolute Gasteiger partial charge is 0.454 e. The molecule has 1 unspecified atom stereocenters. The lowest BCUT2D eigenvalue weighted by Crippen LogP contribution is -2.42. The topological polar surface area (TPSA) is 39.7 Å². The highest BCUT2D eigenvalue weighted by atomic mass is 16.7. The number of anilines is 1. The van der Waals surface area contributed by atoms with Crippen LogP contribution in [0.4, 0.5) is 5.69 Å².